The van der Waals surface area contributed by atoms with Crippen molar-refractivity contribution in [2.45, 2.75) is 51.1 Å². The molecule has 5 heteroatoms. The maximum atomic E-state index is 11.1. The van der Waals surface area contributed by atoms with E-state index in [1.165, 1.54) is 16.6 Å². The minimum Gasteiger partial charge on any atom is -0.354 e. The van der Waals surface area contributed by atoms with Crippen LogP contribution in [0.5, 0.6) is 0 Å². The molecule has 5 nitrogen and oxygen atoms in total. The second-order valence-electron chi connectivity index (χ2n) is 6.54. The van der Waals surface area contributed by atoms with Crippen LogP contribution in [0.25, 0.3) is 10.9 Å². The number of fused-ring (bicyclic) bond motifs is 1. The largest absolute Gasteiger partial charge is 0.354 e. The summed E-state index contributed by atoms with van der Waals surface area (Å²) in [5.74, 6) is 0.0865. The van der Waals surface area contributed by atoms with Crippen molar-refractivity contribution in [1.82, 2.24) is 20.4 Å². The molecule has 0 aliphatic heterocycles. The number of nitrogens with one attached hydrogen (secondary N) is 2. The van der Waals surface area contributed by atoms with Crippen molar-refractivity contribution in [1.29, 1.82) is 0 Å². The van der Waals surface area contributed by atoms with E-state index >= 15 is 0 Å². The fourth-order valence-corrected chi connectivity index (χ4v) is 3.60. The molecule has 0 bridgehead atoms. The summed E-state index contributed by atoms with van der Waals surface area (Å²) in [4.78, 5) is 11.1. The summed E-state index contributed by atoms with van der Waals surface area (Å²) >= 11 is 0. The Labute approximate surface area is 137 Å². The zero-order chi connectivity index (χ0) is 16.2. The zero-order valence-corrected chi connectivity index (χ0v) is 14.0. The molecule has 23 heavy (non-hydrogen) atoms. The van der Waals surface area contributed by atoms with Gasteiger partial charge in [0.1, 0.15) is 0 Å². The van der Waals surface area contributed by atoms with E-state index in [-0.39, 0.29) is 5.91 Å². The molecule has 1 aliphatic carbocycles. The van der Waals surface area contributed by atoms with Gasteiger partial charge in [0, 0.05) is 44.4 Å². The van der Waals surface area contributed by atoms with E-state index in [0.717, 1.165) is 38.6 Å². The van der Waals surface area contributed by atoms with Crippen molar-refractivity contribution in [3.05, 3.63) is 30.0 Å². The van der Waals surface area contributed by atoms with Gasteiger partial charge < -0.3 is 10.6 Å². The van der Waals surface area contributed by atoms with Crippen LogP contribution in [0.1, 0.15) is 38.3 Å². The van der Waals surface area contributed by atoms with E-state index in [0.29, 0.717) is 12.1 Å². The highest BCUT2D eigenvalue weighted by molar-refractivity contribution is 5.81. The molecular weight excluding hydrogens is 288 g/mol. The summed E-state index contributed by atoms with van der Waals surface area (Å²) in [6.45, 7) is 2.55. The molecule has 0 spiro atoms. The van der Waals surface area contributed by atoms with Crippen molar-refractivity contribution in [2.75, 3.05) is 6.54 Å². The molecule has 1 fully saturated rings. The SMILES string of the molecule is CC(=O)NC1CCC(NCCc2nn(C)c3ccccc23)CC1. The van der Waals surface area contributed by atoms with Gasteiger partial charge in [-0.25, -0.2) is 0 Å². The van der Waals surface area contributed by atoms with Crippen LogP contribution in [0.4, 0.5) is 0 Å². The Morgan fingerprint density at radius 1 is 1.22 bits per heavy atom. The van der Waals surface area contributed by atoms with Gasteiger partial charge in [0.2, 0.25) is 5.91 Å². The Bertz CT molecular complexity index is 671. The number of benzene rings is 1. The van der Waals surface area contributed by atoms with Crippen LogP contribution < -0.4 is 10.6 Å². The van der Waals surface area contributed by atoms with Crippen LogP contribution in [-0.2, 0) is 18.3 Å². The molecule has 1 aromatic heterocycles. The Hall–Kier alpha value is -1.88. The van der Waals surface area contributed by atoms with E-state index in [4.69, 9.17) is 0 Å². The number of rotatable bonds is 5. The van der Waals surface area contributed by atoms with Crippen molar-refractivity contribution < 1.29 is 4.79 Å². The molecule has 3 rings (SSSR count). The molecule has 2 N–H and O–H groups in total. The molecule has 1 heterocycles. The summed E-state index contributed by atoms with van der Waals surface area (Å²) in [7, 11) is 2.00. The number of aryl methyl sites for hydroxylation is 1. The lowest BCUT2D eigenvalue weighted by Gasteiger charge is -2.29. The molecule has 1 aromatic carbocycles. The molecule has 1 amide bonds. The smallest absolute Gasteiger partial charge is 0.217 e. The summed E-state index contributed by atoms with van der Waals surface area (Å²) in [5, 5.41) is 12.6. The summed E-state index contributed by atoms with van der Waals surface area (Å²) < 4.78 is 1.96. The van der Waals surface area contributed by atoms with Gasteiger partial charge in [-0.15, -0.1) is 0 Å². The highest BCUT2D eigenvalue weighted by Crippen LogP contribution is 2.20. The minimum absolute atomic E-state index is 0.0865. The number of aromatic nitrogens is 2. The Balaban J connectivity index is 1.47. The molecule has 124 valence electrons. The number of hydrogen-bond donors (Lipinski definition) is 2. The third-order valence-corrected chi connectivity index (χ3v) is 4.76. The predicted octanol–water partition coefficient (Wildman–Crippen LogP) is 2.15. The monoisotopic (exact) mass is 314 g/mol. The topological polar surface area (TPSA) is 59.0 Å². The third-order valence-electron chi connectivity index (χ3n) is 4.76. The number of carbonyl (C=O) groups excluding carboxylic acids is 1. The molecule has 1 aliphatic rings. The van der Waals surface area contributed by atoms with Crippen LogP contribution >= 0.6 is 0 Å². The van der Waals surface area contributed by atoms with E-state index in [2.05, 4.69) is 40.0 Å². The first-order chi connectivity index (χ1) is 11.1. The van der Waals surface area contributed by atoms with E-state index in [9.17, 15) is 4.79 Å². The average Bonchev–Trinajstić information content (AvgIpc) is 2.86. The fourth-order valence-electron chi connectivity index (χ4n) is 3.60. The van der Waals surface area contributed by atoms with Crippen LogP contribution in [-0.4, -0.2) is 34.3 Å². The maximum Gasteiger partial charge on any atom is 0.217 e. The molecular formula is C18H26N4O. The maximum absolute atomic E-state index is 11.1. The van der Waals surface area contributed by atoms with Gasteiger partial charge in [0.25, 0.3) is 0 Å². The number of para-hydroxylation sites is 1. The Morgan fingerprint density at radius 3 is 2.65 bits per heavy atom. The van der Waals surface area contributed by atoms with E-state index < -0.39 is 0 Å². The zero-order valence-electron chi connectivity index (χ0n) is 14.0. The lowest BCUT2D eigenvalue weighted by molar-refractivity contribution is -0.119. The fraction of sp³-hybridized carbons (Fsp3) is 0.556. The third kappa shape index (κ3) is 3.91. The van der Waals surface area contributed by atoms with Gasteiger partial charge in [0.15, 0.2) is 0 Å². The molecule has 0 saturated heterocycles. The van der Waals surface area contributed by atoms with Crippen LogP contribution in [0.2, 0.25) is 0 Å². The van der Waals surface area contributed by atoms with Crippen LogP contribution in [0, 0.1) is 0 Å². The average molecular weight is 314 g/mol. The lowest BCUT2D eigenvalue weighted by atomic mass is 9.91. The van der Waals surface area contributed by atoms with Gasteiger partial charge in [-0.3, -0.25) is 9.48 Å². The summed E-state index contributed by atoms with van der Waals surface area (Å²) in [6.07, 6.45) is 5.36. The molecule has 1 saturated carbocycles. The van der Waals surface area contributed by atoms with Crippen molar-refractivity contribution >= 4 is 16.8 Å². The first-order valence-corrected chi connectivity index (χ1v) is 8.54. The van der Waals surface area contributed by atoms with Crippen LogP contribution in [0.3, 0.4) is 0 Å². The number of hydrogen-bond acceptors (Lipinski definition) is 3. The van der Waals surface area contributed by atoms with Gasteiger partial charge in [-0.2, -0.15) is 5.10 Å². The molecule has 2 aromatic rings. The van der Waals surface area contributed by atoms with Gasteiger partial charge in [0.05, 0.1) is 11.2 Å². The van der Waals surface area contributed by atoms with Crippen LogP contribution in [0.15, 0.2) is 24.3 Å². The Morgan fingerprint density at radius 2 is 1.91 bits per heavy atom. The van der Waals surface area contributed by atoms with Crippen molar-refractivity contribution in [2.24, 2.45) is 7.05 Å². The quantitative estimate of drug-likeness (QED) is 0.889. The predicted molar refractivity (Wildman–Crippen MR) is 92.3 cm³/mol. The molecule has 0 atom stereocenters. The lowest BCUT2D eigenvalue weighted by Crippen LogP contribution is -2.41. The van der Waals surface area contributed by atoms with Crippen molar-refractivity contribution in [3.63, 3.8) is 0 Å². The first-order valence-electron chi connectivity index (χ1n) is 8.54. The highest BCUT2D eigenvalue weighted by Gasteiger charge is 2.21. The standard InChI is InChI=1S/C18H26N4O/c1-13(23)20-15-9-7-14(8-10-15)19-12-11-17-16-5-3-4-6-18(16)22(2)21-17/h3-6,14-15,19H,7-12H2,1-2H3,(H,20,23). The second-order valence-corrected chi connectivity index (χ2v) is 6.54. The summed E-state index contributed by atoms with van der Waals surface area (Å²) in [5.41, 5.74) is 2.36. The van der Waals surface area contributed by atoms with E-state index in [1.807, 2.05) is 11.7 Å². The number of nitrogens with zero attached hydrogens (tertiary/aromatic N) is 2. The van der Waals surface area contributed by atoms with Gasteiger partial charge in [-0.1, -0.05) is 18.2 Å². The number of amides is 1. The van der Waals surface area contributed by atoms with Gasteiger partial charge >= 0.3 is 0 Å². The highest BCUT2D eigenvalue weighted by atomic mass is 16.1. The summed E-state index contributed by atoms with van der Waals surface area (Å²) in [6, 6.07) is 9.32. The Kier molecular flexibility index (Phi) is 4.96. The minimum atomic E-state index is 0.0865. The second kappa shape index (κ2) is 7.13. The first kappa shape index (κ1) is 16.0. The van der Waals surface area contributed by atoms with Gasteiger partial charge in [-0.05, 0) is 31.7 Å². The van der Waals surface area contributed by atoms with Crippen molar-refractivity contribution in [3.8, 4) is 0 Å². The molecule has 0 radical (unpaired) electrons. The molecule has 0 unspecified atom stereocenters. The normalized spacial score (nSPS) is 21.5. The van der Waals surface area contributed by atoms with E-state index in [1.54, 1.807) is 6.92 Å². The number of carbonyl (C=O) groups is 1.